The van der Waals surface area contributed by atoms with Crippen molar-refractivity contribution in [3.8, 4) is 0 Å². The van der Waals surface area contributed by atoms with Gasteiger partial charge in [-0.1, -0.05) is 27.7 Å². The van der Waals surface area contributed by atoms with Crippen LogP contribution < -0.4 is 10.9 Å². The highest BCUT2D eigenvalue weighted by molar-refractivity contribution is 9.10. The average molecular weight is 396 g/mol. The predicted molar refractivity (Wildman–Crippen MR) is 95.9 cm³/mol. The normalized spacial score (nSPS) is 15.6. The van der Waals surface area contributed by atoms with Gasteiger partial charge in [-0.2, -0.15) is 0 Å². The number of rotatable bonds is 5. The quantitative estimate of drug-likeness (QED) is 0.624. The summed E-state index contributed by atoms with van der Waals surface area (Å²) < 4.78 is 2.48. The largest absolute Gasteiger partial charge is 0.352 e. The van der Waals surface area contributed by atoms with E-state index in [2.05, 4.69) is 26.2 Å². The van der Waals surface area contributed by atoms with Gasteiger partial charge < -0.3 is 5.32 Å². The molecule has 1 amide bonds. The Hall–Kier alpha value is -1.34. The Morgan fingerprint density at radius 3 is 2.91 bits per heavy atom. The molecule has 0 spiro atoms. The van der Waals surface area contributed by atoms with E-state index in [1.165, 1.54) is 11.8 Å². The van der Waals surface area contributed by atoms with E-state index in [0.29, 0.717) is 28.6 Å². The molecule has 0 aliphatic heterocycles. The molecule has 1 aliphatic carbocycles. The van der Waals surface area contributed by atoms with Crippen LogP contribution in [0.5, 0.6) is 0 Å². The van der Waals surface area contributed by atoms with E-state index in [1.807, 2.05) is 26.0 Å². The molecule has 1 unspecified atom stereocenters. The third-order valence-electron chi connectivity index (χ3n) is 3.77. The van der Waals surface area contributed by atoms with Crippen molar-refractivity contribution >= 4 is 44.5 Å². The van der Waals surface area contributed by atoms with Crippen LogP contribution in [-0.4, -0.2) is 26.8 Å². The van der Waals surface area contributed by atoms with Gasteiger partial charge in [-0.25, -0.2) is 4.98 Å². The molecule has 5 nitrogen and oxygen atoms in total. The van der Waals surface area contributed by atoms with Crippen LogP contribution in [0, 0.1) is 0 Å². The van der Waals surface area contributed by atoms with Gasteiger partial charge >= 0.3 is 0 Å². The smallest absolute Gasteiger partial charge is 0.262 e. The molecule has 1 atom stereocenters. The van der Waals surface area contributed by atoms with E-state index >= 15 is 0 Å². The zero-order valence-electron chi connectivity index (χ0n) is 13.0. The monoisotopic (exact) mass is 395 g/mol. The first-order valence-corrected chi connectivity index (χ1v) is 9.34. The molecule has 3 rings (SSSR count). The summed E-state index contributed by atoms with van der Waals surface area (Å²) in [6.07, 6.45) is 2.12. The molecular formula is C16H18BrN3O2S. The number of carbonyl (C=O) groups is 1. The summed E-state index contributed by atoms with van der Waals surface area (Å²) in [7, 11) is 0. The van der Waals surface area contributed by atoms with Crippen molar-refractivity contribution in [3.63, 3.8) is 0 Å². The zero-order valence-corrected chi connectivity index (χ0v) is 15.4. The zero-order chi connectivity index (χ0) is 16.6. The van der Waals surface area contributed by atoms with Gasteiger partial charge in [-0.3, -0.25) is 14.2 Å². The summed E-state index contributed by atoms with van der Waals surface area (Å²) in [4.78, 5) is 29.4. The summed E-state index contributed by atoms with van der Waals surface area (Å²) in [6.45, 7) is 4.28. The molecule has 1 heterocycles. The van der Waals surface area contributed by atoms with Crippen LogP contribution >= 0.6 is 27.7 Å². The van der Waals surface area contributed by atoms with E-state index in [-0.39, 0.29) is 16.7 Å². The second-order valence-corrected chi connectivity index (χ2v) is 7.87. The van der Waals surface area contributed by atoms with Crippen LogP contribution in [0.25, 0.3) is 10.9 Å². The number of benzene rings is 1. The number of halogens is 1. The molecule has 23 heavy (non-hydrogen) atoms. The average Bonchev–Trinajstić information content (AvgIpc) is 3.32. The predicted octanol–water partition coefficient (Wildman–Crippen LogP) is 2.94. The van der Waals surface area contributed by atoms with Gasteiger partial charge in [0.25, 0.3) is 5.56 Å². The topological polar surface area (TPSA) is 64.0 Å². The fourth-order valence-corrected chi connectivity index (χ4v) is 3.64. The molecule has 0 bridgehead atoms. The Labute approximate surface area is 147 Å². The SMILES string of the molecule is CCn1c(SC(C)C(=O)NC2CC2)nc2ccc(Br)cc2c1=O. The number of fused-ring (bicyclic) bond motifs is 1. The standard InChI is InChI=1S/C16H18BrN3O2S/c1-3-20-15(22)12-8-10(17)4-7-13(12)19-16(20)23-9(2)14(21)18-11-5-6-11/h4,7-9,11H,3,5-6H2,1-2H3,(H,18,21). The van der Waals surface area contributed by atoms with Gasteiger partial charge in [-0.05, 0) is 44.9 Å². The second kappa shape index (κ2) is 6.65. The maximum atomic E-state index is 12.7. The first-order chi connectivity index (χ1) is 11.0. The number of nitrogens with one attached hydrogen (secondary N) is 1. The Morgan fingerprint density at radius 2 is 2.26 bits per heavy atom. The van der Waals surface area contributed by atoms with Crippen LogP contribution in [0.1, 0.15) is 26.7 Å². The lowest BCUT2D eigenvalue weighted by molar-refractivity contribution is -0.120. The lowest BCUT2D eigenvalue weighted by Gasteiger charge is -2.15. The van der Waals surface area contributed by atoms with Crippen LogP contribution in [-0.2, 0) is 11.3 Å². The van der Waals surface area contributed by atoms with Crippen molar-refractivity contribution < 1.29 is 4.79 Å². The molecule has 122 valence electrons. The molecule has 0 saturated heterocycles. The van der Waals surface area contributed by atoms with Crippen molar-refractivity contribution in [2.75, 3.05) is 0 Å². The highest BCUT2D eigenvalue weighted by atomic mass is 79.9. The van der Waals surface area contributed by atoms with E-state index in [1.54, 1.807) is 10.6 Å². The van der Waals surface area contributed by atoms with Crippen molar-refractivity contribution in [2.24, 2.45) is 0 Å². The number of amides is 1. The summed E-state index contributed by atoms with van der Waals surface area (Å²) in [5.41, 5.74) is 0.580. The minimum Gasteiger partial charge on any atom is -0.352 e. The van der Waals surface area contributed by atoms with Crippen molar-refractivity contribution in [2.45, 2.75) is 49.7 Å². The molecular weight excluding hydrogens is 378 g/mol. The Balaban J connectivity index is 1.94. The van der Waals surface area contributed by atoms with Crippen LogP contribution in [0.15, 0.2) is 32.6 Å². The fourth-order valence-electron chi connectivity index (χ4n) is 2.30. The molecule has 1 N–H and O–H groups in total. The minimum atomic E-state index is -0.284. The van der Waals surface area contributed by atoms with Gasteiger partial charge in [-0.15, -0.1) is 0 Å². The molecule has 1 aliphatic rings. The highest BCUT2D eigenvalue weighted by Gasteiger charge is 2.26. The van der Waals surface area contributed by atoms with Crippen LogP contribution in [0.3, 0.4) is 0 Å². The van der Waals surface area contributed by atoms with E-state index in [0.717, 1.165) is 17.3 Å². The third-order valence-corrected chi connectivity index (χ3v) is 5.36. The first kappa shape index (κ1) is 16.5. The number of nitrogens with zero attached hydrogens (tertiary/aromatic N) is 2. The maximum Gasteiger partial charge on any atom is 0.262 e. The van der Waals surface area contributed by atoms with Crippen molar-refractivity contribution in [3.05, 3.63) is 33.0 Å². The minimum absolute atomic E-state index is 0.00491. The highest BCUT2D eigenvalue weighted by Crippen LogP contribution is 2.25. The van der Waals surface area contributed by atoms with Crippen molar-refractivity contribution in [1.29, 1.82) is 0 Å². The van der Waals surface area contributed by atoms with E-state index in [4.69, 9.17) is 0 Å². The Kier molecular flexibility index (Phi) is 4.77. The van der Waals surface area contributed by atoms with Crippen LogP contribution in [0.2, 0.25) is 0 Å². The third kappa shape index (κ3) is 3.61. The first-order valence-electron chi connectivity index (χ1n) is 7.66. The summed E-state index contributed by atoms with van der Waals surface area (Å²) in [6, 6.07) is 5.80. The Bertz CT molecular complexity index is 817. The van der Waals surface area contributed by atoms with Crippen molar-refractivity contribution in [1.82, 2.24) is 14.9 Å². The number of aromatic nitrogens is 2. The molecule has 1 fully saturated rings. The molecule has 7 heteroatoms. The number of carbonyl (C=O) groups excluding carboxylic acids is 1. The molecule has 1 aromatic carbocycles. The molecule has 0 radical (unpaired) electrons. The van der Waals surface area contributed by atoms with Gasteiger partial charge in [0.1, 0.15) is 0 Å². The van der Waals surface area contributed by atoms with E-state index in [9.17, 15) is 9.59 Å². The number of hydrogen-bond donors (Lipinski definition) is 1. The van der Waals surface area contributed by atoms with Gasteiger partial charge in [0.2, 0.25) is 5.91 Å². The van der Waals surface area contributed by atoms with Gasteiger partial charge in [0, 0.05) is 17.1 Å². The summed E-state index contributed by atoms with van der Waals surface area (Å²) in [5.74, 6) is 0.00491. The van der Waals surface area contributed by atoms with Gasteiger partial charge in [0.15, 0.2) is 5.16 Å². The Morgan fingerprint density at radius 1 is 1.52 bits per heavy atom. The van der Waals surface area contributed by atoms with E-state index < -0.39 is 0 Å². The molecule has 1 aromatic heterocycles. The lowest BCUT2D eigenvalue weighted by Crippen LogP contribution is -2.33. The summed E-state index contributed by atoms with van der Waals surface area (Å²) >= 11 is 4.72. The lowest BCUT2D eigenvalue weighted by atomic mass is 10.2. The second-order valence-electron chi connectivity index (χ2n) is 5.65. The fraction of sp³-hybridized carbons (Fsp3) is 0.438. The van der Waals surface area contributed by atoms with Gasteiger partial charge in [0.05, 0.1) is 16.2 Å². The molecule has 1 saturated carbocycles. The van der Waals surface area contributed by atoms with Crippen LogP contribution in [0.4, 0.5) is 0 Å². The maximum absolute atomic E-state index is 12.7. The number of thioether (sulfide) groups is 1. The number of hydrogen-bond acceptors (Lipinski definition) is 4. The summed E-state index contributed by atoms with van der Waals surface area (Å²) in [5, 5.41) is 3.88. The molecule has 2 aromatic rings.